The summed E-state index contributed by atoms with van der Waals surface area (Å²) in [5.41, 5.74) is 1.40. The van der Waals surface area contributed by atoms with Gasteiger partial charge in [-0.25, -0.2) is 9.67 Å². The molecular formula is C16H22N4OS. The number of nitrogens with zero attached hydrogens (tertiary/aromatic N) is 4. The Balaban J connectivity index is 1.44. The molecule has 0 spiro atoms. The molecule has 0 radical (unpaired) electrons. The number of hydrogen-bond donors (Lipinski definition) is 1. The second-order valence-corrected chi connectivity index (χ2v) is 7.72. The van der Waals surface area contributed by atoms with Gasteiger partial charge < -0.3 is 5.11 Å². The Morgan fingerprint density at radius 1 is 1.32 bits per heavy atom. The Bertz CT molecular complexity index is 626. The summed E-state index contributed by atoms with van der Waals surface area (Å²) in [7, 11) is 0. The maximum atomic E-state index is 10.5. The van der Waals surface area contributed by atoms with Crippen LogP contribution in [0.1, 0.15) is 29.3 Å². The van der Waals surface area contributed by atoms with Gasteiger partial charge >= 0.3 is 0 Å². The molecule has 0 unspecified atom stereocenters. The van der Waals surface area contributed by atoms with Crippen LogP contribution < -0.4 is 0 Å². The van der Waals surface area contributed by atoms with E-state index in [-0.39, 0.29) is 12.1 Å². The molecule has 1 saturated carbocycles. The zero-order valence-electron chi connectivity index (χ0n) is 12.8. The van der Waals surface area contributed by atoms with Gasteiger partial charge in [0.05, 0.1) is 12.1 Å². The molecule has 4 atom stereocenters. The molecule has 2 aliphatic rings. The molecule has 2 aromatic rings. The quantitative estimate of drug-likeness (QED) is 0.941. The predicted octanol–water partition coefficient (Wildman–Crippen LogP) is 2.09. The van der Waals surface area contributed by atoms with E-state index in [0.29, 0.717) is 11.8 Å². The third-order valence-corrected chi connectivity index (χ3v) is 6.30. The number of aromatic nitrogens is 3. The fourth-order valence-corrected chi connectivity index (χ4v) is 5.02. The van der Waals surface area contributed by atoms with Crippen LogP contribution in [0.3, 0.4) is 0 Å². The summed E-state index contributed by atoms with van der Waals surface area (Å²) in [6, 6.07) is 2.29. The van der Waals surface area contributed by atoms with Gasteiger partial charge in [-0.3, -0.25) is 4.90 Å². The molecular weight excluding hydrogens is 296 g/mol. The Hall–Kier alpha value is -1.24. The minimum atomic E-state index is -0.300. The van der Waals surface area contributed by atoms with E-state index in [1.54, 1.807) is 12.7 Å². The first kappa shape index (κ1) is 14.4. The summed E-state index contributed by atoms with van der Waals surface area (Å²) in [6.45, 7) is 5.50. The Morgan fingerprint density at radius 2 is 2.14 bits per heavy atom. The zero-order valence-corrected chi connectivity index (χ0v) is 13.6. The monoisotopic (exact) mass is 318 g/mol. The summed E-state index contributed by atoms with van der Waals surface area (Å²) in [5, 5.41) is 16.9. The first-order chi connectivity index (χ1) is 10.7. The highest BCUT2D eigenvalue weighted by molar-refractivity contribution is 7.10. The topological polar surface area (TPSA) is 54.2 Å². The molecule has 118 valence electrons. The minimum absolute atomic E-state index is 0.0900. The van der Waals surface area contributed by atoms with Crippen LogP contribution in [0, 0.1) is 18.8 Å². The van der Waals surface area contributed by atoms with Crippen molar-refractivity contribution in [1.29, 1.82) is 0 Å². The van der Waals surface area contributed by atoms with Crippen molar-refractivity contribution in [2.75, 3.05) is 13.1 Å². The van der Waals surface area contributed by atoms with Gasteiger partial charge in [0.1, 0.15) is 12.7 Å². The minimum Gasteiger partial charge on any atom is -0.391 e. The van der Waals surface area contributed by atoms with Crippen molar-refractivity contribution < 1.29 is 5.11 Å². The van der Waals surface area contributed by atoms with E-state index < -0.39 is 0 Å². The summed E-state index contributed by atoms with van der Waals surface area (Å²) < 4.78 is 1.84. The lowest BCUT2D eigenvalue weighted by molar-refractivity contribution is 0.0304. The third-order valence-electron chi connectivity index (χ3n) is 5.30. The molecule has 2 fully saturated rings. The average molecular weight is 318 g/mol. The number of likely N-dealkylation sites (tertiary alicyclic amines) is 1. The molecule has 3 heterocycles. The molecule has 1 saturated heterocycles. The number of thiophene rings is 1. The predicted molar refractivity (Wildman–Crippen MR) is 85.6 cm³/mol. The average Bonchev–Trinajstić information content (AvgIpc) is 3.20. The summed E-state index contributed by atoms with van der Waals surface area (Å²) in [6.07, 6.45) is 4.88. The third kappa shape index (κ3) is 2.59. The Labute approximate surface area is 134 Å². The van der Waals surface area contributed by atoms with Gasteiger partial charge in [0.15, 0.2) is 0 Å². The molecule has 6 heteroatoms. The molecule has 1 N–H and O–H groups in total. The standard InChI is InChI=1S/C16H22N4OS/c1-11-2-3-22-16(11)8-19-6-12-4-14(20-10-17-9-18-20)15(21)5-13(12)7-19/h2-3,9-10,12-15,21H,4-8H2,1H3/t12-,13+,14-,15-/m1/s1. The molecule has 1 aliphatic heterocycles. The van der Waals surface area contributed by atoms with E-state index in [4.69, 9.17) is 0 Å². The second kappa shape index (κ2) is 5.76. The zero-order chi connectivity index (χ0) is 15.1. The van der Waals surface area contributed by atoms with Gasteiger partial charge in [-0.2, -0.15) is 5.10 Å². The number of aryl methyl sites for hydroxylation is 1. The number of hydrogen-bond acceptors (Lipinski definition) is 5. The molecule has 4 rings (SSSR count). The lowest BCUT2D eigenvalue weighted by Gasteiger charge is -2.35. The maximum absolute atomic E-state index is 10.5. The highest BCUT2D eigenvalue weighted by atomic mass is 32.1. The highest BCUT2D eigenvalue weighted by Crippen LogP contribution is 2.41. The fourth-order valence-electron chi connectivity index (χ4n) is 4.08. The van der Waals surface area contributed by atoms with E-state index in [1.807, 2.05) is 16.0 Å². The molecule has 0 amide bonds. The smallest absolute Gasteiger partial charge is 0.137 e. The summed E-state index contributed by atoms with van der Waals surface area (Å²) in [5.74, 6) is 1.29. The summed E-state index contributed by atoms with van der Waals surface area (Å²) in [4.78, 5) is 8.06. The maximum Gasteiger partial charge on any atom is 0.137 e. The van der Waals surface area contributed by atoms with E-state index in [2.05, 4.69) is 33.4 Å². The van der Waals surface area contributed by atoms with Crippen LogP contribution in [0.4, 0.5) is 0 Å². The van der Waals surface area contributed by atoms with Crippen LogP contribution in [-0.2, 0) is 6.54 Å². The Morgan fingerprint density at radius 3 is 2.82 bits per heavy atom. The largest absolute Gasteiger partial charge is 0.391 e. The SMILES string of the molecule is Cc1ccsc1CN1C[C@H]2C[C@@H](n3cncn3)[C@H](O)C[C@H]2C1. The van der Waals surface area contributed by atoms with Crippen molar-refractivity contribution in [3.63, 3.8) is 0 Å². The van der Waals surface area contributed by atoms with Gasteiger partial charge in [0.25, 0.3) is 0 Å². The van der Waals surface area contributed by atoms with Gasteiger partial charge in [-0.05, 0) is 48.6 Å². The normalized spacial score (nSPS) is 32.3. The summed E-state index contributed by atoms with van der Waals surface area (Å²) >= 11 is 1.86. The number of fused-ring (bicyclic) bond motifs is 1. The van der Waals surface area contributed by atoms with E-state index in [9.17, 15) is 5.11 Å². The van der Waals surface area contributed by atoms with Gasteiger partial charge in [0, 0.05) is 24.5 Å². The highest BCUT2D eigenvalue weighted by Gasteiger charge is 2.42. The van der Waals surface area contributed by atoms with Crippen LogP contribution in [0.15, 0.2) is 24.1 Å². The van der Waals surface area contributed by atoms with Crippen molar-refractivity contribution in [2.24, 2.45) is 11.8 Å². The lowest BCUT2D eigenvalue weighted by atomic mass is 9.77. The molecule has 1 aliphatic carbocycles. The van der Waals surface area contributed by atoms with Crippen molar-refractivity contribution in [1.82, 2.24) is 19.7 Å². The second-order valence-electron chi connectivity index (χ2n) is 6.72. The van der Waals surface area contributed by atoms with Gasteiger partial charge in [0.2, 0.25) is 0 Å². The van der Waals surface area contributed by atoms with Crippen molar-refractivity contribution in [3.05, 3.63) is 34.5 Å². The van der Waals surface area contributed by atoms with Crippen molar-refractivity contribution in [3.8, 4) is 0 Å². The van der Waals surface area contributed by atoms with Crippen LogP contribution in [0.25, 0.3) is 0 Å². The van der Waals surface area contributed by atoms with E-state index in [0.717, 1.165) is 32.5 Å². The van der Waals surface area contributed by atoms with E-state index in [1.165, 1.54) is 10.4 Å². The lowest BCUT2D eigenvalue weighted by Crippen LogP contribution is -2.36. The molecule has 0 bridgehead atoms. The first-order valence-electron chi connectivity index (χ1n) is 7.98. The molecule has 0 aromatic carbocycles. The van der Waals surface area contributed by atoms with Gasteiger partial charge in [-0.15, -0.1) is 11.3 Å². The van der Waals surface area contributed by atoms with Crippen LogP contribution in [0.2, 0.25) is 0 Å². The number of aliphatic hydroxyl groups excluding tert-OH is 1. The Kier molecular flexibility index (Phi) is 3.76. The number of aliphatic hydroxyl groups is 1. The van der Waals surface area contributed by atoms with Crippen LogP contribution in [-0.4, -0.2) is 44.0 Å². The molecule has 22 heavy (non-hydrogen) atoms. The first-order valence-corrected chi connectivity index (χ1v) is 8.86. The van der Waals surface area contributed by atoms with Crippen LogP contribution >= 0.6 is 11.3 Å². The van der Waals surface area contributed by atoms with Gasteiger partial charge in [-0.1, -0.05) is 0 Å². The number of rotatable bonds is 3. The molecule has 2 aromatic heterocycles. The van der Waals surface area contributed by atoms with Crippen molar-refractivity contribution >= 4 is 11.3 Å². The van der Waals surface area contributed by atoms with Crippen LogP contribution in [0.5, 0.6) is 0 Å². The van der Waals surface area contributed by atoms with Crippen molar-refractivity contribution in [2.45, 2.75) is 38.5 Å². The van der Waals surface area contributed by atoms with E-state index >= 15 is 0 Å². The molecule has 5 nitrogen and oxygen atoms in total. The fraction of sp³-hybridized carbons (Fsp3) is 0.625.